The Kier molecular flexibility index (Phi) is 16.8. The molecule has 0 aliphatic heterocycles. The van der Waals surface area contributed by atoms with Crippen molar-refractivity contribution in [2.45, 2.75) is 79.1 Å². The van der Waals surface area contributed by atoms with E-state index in [0.29, 0.717) is 11.3 Å². The second-order valence-electron chi connectivity index (χ2n) is 15.0. The molecule has 0 aromatic heterocycles. The average Bonchev–Trinajstić information content (AvgIpc) is 3.86. The third-order valence-electron chi connectivity index (χ3n) is 9.35. The molecule has 0 fully saturated rings. The number of hydrogen-bond donors (Lipinski definition) is 0. The molecule has 0 heterocycles. The minimum atomic E-state index is -0.209. The van der Waals surface area contributed by atoms with Crippen molar-refractivity contribution in [3.05, 3.63) is 166 Å². The molecule has 0 amide bonds. The van der Waals surface area contributed by atoms with Crippen LogP contribution in [0.1, 0.15) is 95.2 Å². The van der Waals surface area contributed by atoms with Gasteiger partial charge in [-0.3, -0.25) is 12.2 Å². The fraction of sp³-hybridized carbons (Fsp3) is 0.298. The van der Waals surface area contributed by atoms with Crippen LogP contribution >= 0.6 is 24.8 Å². The molecule has 5 heteroatoms. The van der Waals surface area contributed by atoms with Gasteiger partial charge in [-0.1, -0.05) is 103 Å². The quantitative estimate of drug-likeness (QED) is 0.148. The van der Waals surface area contributed by atoms with Gasteiger partial charge in [0.05, 0.1) is 0 Å². The molecule has 1 atom stereocenters. The van der Waals surface area contributed by atoms with E-state index in [9.17, 15) is 8.78 Å². The molecule has 0 nitrogen and oxygen atoms in total. The second-order valence-corrected chi connectivity index (χ2v) is 15.0. The van der Waals surface area contributed by atoms with Crippen LogP contribution in [0, 0.1) is 47.3 Å². The number of fused-ring (bicyclic) bond motifs is 5. The first-order valence-corrected chi connectivity index (χ1v) is 19.0. The van der Waals surface area contributed by atoms with E-state index in [2.05, 4.69) is 139 Å². The molecule has 0 bridgehead atoms. The van der Waals surface area contributed by atoms with Gasteiger partial charge < -0.3 is 0 Å². The summed E-state index contributed by atoms with van der Waals surface area (Å²) < 4.78 is 27.1. The predicted octanol–water partition coefficient (Wildman–Crippen LogP) is 13.1. The van der Waals surface area contributed by atoms with Crippen LogP contribution in [0.25, 0.3) is 23.3 Å². The maximum absolute atomic E-state index is 11.9. The summed E-state index contributed by atoms with van der Waals surface area (Å²) in [5.74, 6) is 0.154. The Hall–Kier alpha value is -2.97. The van der Waals surface area contributed by atoms with Gasteiger partial charge in [0, 0.05) is 17.0 Å². The maximum atomic E-state index is 11.9. The van der Waals surface area contributed by atoms with Crippen LogP contribution < -0.4 is 0 Å². The molecule has 0 saturated heterocycles. The van der Waals surface area contributed by atoms with Crippen molar-refractivity contribution in [2.24, 2.45) is 11.3 Å². The first-order chi connectivity index (χ1) is 23.7. The van der Waals surface area contributed by atoms with Gasteiger partial charge in [-0.25, -0.2) is 20.9 Å². The molecule has 4 aromatic carbocycles. The molecular formula is C47H50Cl2F2Zr-4. The average molecular weight is 815 g/mol. The molecule has 274 valence electrons. The van der Waals surface area contributed by atoms with Crippen LogP contribution in [-0.4, -0.2) is 4.21 Å². The summed E-state index contributed by atoms with van der Waals surface area (Å²) in [5, 5.41) is 0. The molecule has 0 N–H and O–H groups in total. The fourth-order valence-electron chi connectivity index (χ4n) is 6.35. The SMILES string of the molecule is CC1(C)[C-]=Cc2cc3c(cc21)Cc1cc2c(cc1-3)C=CC2(C)C.CCC1[C-]=CC(C(C)(C)C)=C1.Cl.Cl.Fc1cc[c-]cc1.Fc1cc[c-]cc1.[CH2]=[Zr]. The van der Waals surface area contributed by atoms with Gasteiger partial charge in [0.2, 0.25) is 0 Å². The van der Waals surface area contributed by atoms with Gasteiger partial charge in [0.1, 0.15) is 0 Å². The summed E-state index contributed by atoms with van der Waals surface area (Å²) in [4.78, 5) is 0. The third kappa shape index (κ3) is 11.3. The number of hydrogen-bond acceptors (Lipinski definition) is 0. The van der Waals surface area contributed by atoms with Crippen molar-refractivity contribution in [1.29, 1.82) is 0 Å². The summed E-state index contributed by atoms with van der Waals surface area (Å²) in [5.41, 5.74) is 13.4. The normalized spacial score (nSPS) is 16.5. The van der Waals surface area contributed by atoms with Crippen LogP contribution in [0.5, 0.6) is 0 Å². The second kappa shape index (κ2) is 19.4. The number of allylic oxidation sites excluding steroid dienone is 6. The number of halogens is 4. The predicted molar refractivity (Wildman–Crippen MR) is 219 cm³/mol. The fourth-order valence-corrected chi connectivity index (χ4v) is 6.35. The van der Waals surface area contributed by atoms with E-state index < -0.39 is 0 Å². The number of rotatable bonds is 1. The van der Waals surface area contributed by atoms with Crippen LogP contribution in [-0.2, 0) is 41.5 Å². The van der Waals surface area contributed by atoms with Gasteiger partial charge in [0.15, 0.2) is 0 Å². The summed E-state index contributed by atoms with van der Waals surface area (Å²) >= 11 is 1.30. The molecule has 4 aliphatic carbocycles. The van der Waals surface area contributed by atoms with Gasteiger partial charge in [0.25, 0.3) is 0 Å². The van der Waals surface area contributed by atoms with Gasteiger partial charge in [-0.2, -0.15) is 53.6 Å². The van der Waals surface area contributed by atoms with E-state index in [1.165, 1.54) is 129 Å². The molecule has 0 spiro atoms. The minimum absolute atomic E-state index is 0. The Balaban J connectivity index is 0.000000270. The molecule has 1 unspecified atom stereocenters. The Morgan fingerprint density at radius 2 is 1.27 bits per heavy atom. The van der Waals surface area contributed by atoms with Crippen molar-refractivity contribution in [2.75, 3.05) is 0 Å². The first-order valence-electron chi connectivity index (χ1n) is 17.2. The van der Waals surface area contributed by atoms with Crippen molar-refractivity contribution in [1.82, 2.24) is 0 Å². The first kappa shape index (κ1) is 45.2. The van der Waals surface area contributed by atoms with E-state index in [1.54, 1.807) is 0 Å². The summed E-state index contributed by atoms with van der Waals surface area (Å²) in [6, 6.07) is 26.6. The summed E-state index contributed by atoms with van der Waals surface area (Å²) in [6.07, 6.45) is 20.4. The monoisotopic (exact) mass is 812 g/mol. The van der Waals surface area contributed by atoms with Crippen molar-refractivity contribution in [3.8, 4) is 11.1 Å². The number of benzene rings is 4. The molecule has 0 radical (unpaired) electrons. The van der Waals surface area contributed by atoms with Crippen LogP contribution in [0.2, 0.25) is 0 Å². The molecular weight excluding hydrogens is 765 g/mol. The van der Waals surface area contributed by atoms with Crippen molar-refractivity contribution in [3.63, 3.8) is 0 Å². The topological polar surface area (TPSA) is 0 Å². The van der Waals surface area contributed by atoms with E-state index in [4.69, 9.17) is 0 Å². The summed E-state index contributed by atoms with van der Waals surface area (Å²) in [6.45, 7) is 18.1. The zero-order chi connectivity index (χ0) is 36.7. The standard InChI is InChI=1S/C23H21.C11H17.2C6H4F.CH2.2ClH.Zr/c1-22(2)7-5-14-10-18-16(12-20(14)22)9-17-13-21-15(11-19(17)18)6-8-23(21,3)4;1-5-9-6-7-10(8-9)11(2,3)4;2*7-6-4-2-1-3-5-6;;;;/h5-7,10-13H,9H2,1-4H3;7-9H,5H2,1-4H3;2*2-5H;1H2;2*1H;/q4*-1;;;;. The van der Waals surface area contributed by atoms with Crippen LogP contribution in [0.15, 0.2) is 96.6 Å². The zero-order valence-corrected chi connectivity index (χ0v) is 35.7. The molecule has 4 aliphatic rings. The molecule has 8 rings (SSSR count). The van der Waals surface area contributed by atoms with Crippen molar-refractivity contribution < 1.29 is 33.0 Å². The molecule has 52 heavy (non-hydrogen) atoms. The molecule has 4 aromatic rings. The van der Waals surface area contributed by atoms with Crippen LogP contribution in [0.4, 0.5) is 8.78 Å². The van der Waals surface area contributed by atoms with E-state index >= 15 is 0 Å². The summed E-state index contributed by atoms with van der Waals surface area (Å²) in [7, 11) is 0. The Morgan fingerprint density at radius 1 is 0.769 bits per heavy atom. The third-order valence-corrected chi connectivity index (χ3v) is 9.35. The van der Waals surface area contributed by atoms with Gasteiger partial charge >= 0.3 is 28.4 Å². The Labute approximate surface area is 339 Å². The van der Waals surface area contributed by atoms with Crippen LogP contribution in [0.3, 0.4) is 0 Å². The van der Waals surface area contributed by atoms with Gasteiger partial charge in [-0.05, 0) is 45.9 Å². The molecule has 0 saturated carbocycles. The zero-order valence-electron chi connectivity index (χ0n) is 31.6. The Morgan fingerprint density at radius 3 is 1.69 bits per heavy atom. The van der Waals surface area contributed by atoms with Gasteiger partial charge in [-0.15, -0.1) is 60.7 Å². The van der Waals surface area contributed by atoms with Crippen molar-refractivity contribution >= 4 is 41.2 Å². The van der Waals surface area contributed by atoms with E-state index in [0.717, 1.165) is 6.42 Å². The Bertz CT molecular complexity index is 1780. The van der Waals surface area contributed by atoms with E-state index in [-0.39, 0.29) is 47.3 Å². The van der Waals surface area contributed by atoms with E-state index in [1.807, 2.05) is 0 Å².